The van der Waals surface area contributed by atoms with Gasteiger partial charge in [0.1, 0.15) is 12.1 Å². The molecule has 2 rings (SSSR count). The van der Waals surface area contributed by atoms with E-state index in [2.05, 4.69) is 15.3 Å². The van der Waals surface area contributed by atoms with E-state index in [9.17, 15) is 5.11 Å². The highest BCUT2D eigenvalue weighted by molar-refractivity contribution is 5.46. The third kappa shape index (κ3) is 3.19. The molecule has 0 fully saturated rings. The molecule has 0 bridgehead atoms. The summed E-state index contributed by atoms with van der Waals surface area (Å²) in [5.41, 5.74) is 2.36. The Morgan fingerprint density at radius 2 is 2.00 bits per heavy atom. The van der Waals surface area contributed by atoms with Gasteiger partial charge in [-0.3, -0.25) is 0 Å². The van der Waals surface area contributed by atoms with Crippen molar-refractivity contribution in [2.24, 2.45) is 5.41 Å². The maximum Gasteiger partial charge on any atom is 0.132 e. The van der Waals surface area contributed by atoms with Crippen molar-refractivity contribution in [3.8, 4) is 0 Å². The van der Waals surface area contributed by atoms with Crippen LogP contribution in [-0.4, -0.2) is 28.2 Å². The van der Waals surface area contributed by atoms with Crippen molar-refractivity contribution in [2.45, 2.75) is 46.0 Å². The lowest BCUT2D eigenvalue weighted by Gasteiger charge is -2.23. The van der Waals surface area contributed by atoms with Crippen LogP contribution in [0.5, 0.6) is 0 Å². The SMILES string of the molecule is CC(C)(CO)CNc1ncnc2c1CCCCC2. The van der Waals surface area contributed by atoms with Crippen LogP contribution in [0.2, 0.25) is 0 Å². The highest BCUT2D eigenvalue weighted by Gasteiger charge is 2.19. The van der Waals surface area contributed by atoms with E-state index in [1.807, 2.05) is 13.8 Å². The normalized spacial score (nSPS) is 15.9. The lowest BCUT2D eigenvalue weighted by Crippen LogP contribution is -2.27. The van der Waals surface area contributed by atoms with Gasteiger partial charge in [0.25, 0.3) is 0 Å². The second kappa shape index (κ2) is 5.65. The first-order chi connectivity index (χ1) is 8.62. The van der Waals surface area contributed by atoms with E-state index in [0.717, 1.165) is 25.2 Å². The molecule has 1 aromatic rings. The van der Waals surface area contributed by atoms with E-state index >= 15 is 0 Å². The lowest BCUT2D eigenvalue weighted by atomic mass is 9.95. The molecular weight excluding hydrogens is 226 g/mol. The van der Waals surface area contributed by atoms with E-state index in [4.69, 9.17) is 0 Å². The predicted octanol–water partition coefficient (Wildman–Crippen LogP) is 2.18. The number of rotatable bonds is 4. The van der Waals surface area contributed by atoms with Crippen LogP contribution in [0.15, 0.2) is 6.33 Å². The Bertz CT molecular complexity index is 404. The van der Waals surface area contributed by atoms with Gasteiger partial charge < -0.3 is 10.4 Å². The van der Waals surface area contributed by atoms with E-state index in [0.29, 0.717) is 0 Å². The van der Waals surface area contributed by atoms with Gasteiger partial charge in [0, 0.05) is 29.8 Å². The van der Waals surface area contributed by atoms with Gasteiger partial charge in [-0.25, -0.2) is 9.97 Å². The van der Waals surface area contributed by atoms with Crippen molar-refractivity contribution in [1.82, 2.24) is 9.97 Å². The molecule has 0 atom stereocenters. The van der Waals surface area contributed by atoms with Crippen LogP contribution in [-0.2, 0) is 12.8 Å². The fourth-order valence-corrected chi connectivity index (χ4v) is 2.23. The Morgan fingerprint density at radius 3 is 2.78 bits per heavy atom. The Morgan fingerprint density at radius 1 is 1.22 bits per heavy atom. The number of hydrogen-bond donors (Lipinski definition) is 2. The van der Waals surface area contributed by atoms with Gasteiger partial charge in [-0.05, 0) is 25.7 Å². The minimum atomic E-state index is -0.122. The first kappa shape index (κ1) is 13.3. The van der Waals surface area contributed by atoms with Crippen LogP contribution < -0.4 is 5.32 Å². The van der Waals surface area contributed by atoms with Crippen LogP contribution in [0.1, 0.15) is 44.4 Å². The van der Waals surface area contributed by atoms with Crippen LogP contribution in [0.25, 0.3) is 0 Å². The molecule has 4 heteroatoms. The Kier molecular flexibility index (Phi) is 4.17. The van der Waals surface area contributed by atoms with Crippen molar-refractivity contribution in [3.05, 3.63) is 17.6 Å². The molecule has 0 saturated carbocycles. The van der Waals surface area contributed by atoms with Gasteiger partial charge in [0.2, 0.25) is 0 Å². The van der Waals surface area contributed by atoms with Crippen LogP contribution in [0.4, 0.5) is 5.82 Å². The first-order valence-electron chi connectivity index (χ1n) is 6.80. The Hall–Kier alpha value is -1.16. The lowest BCUT2D eigenvalue weighted by molar-refractivity contribution is 0.170. The molecule has 0 amide bonds. The summed E-state index contributed by atoms with van der Waals surface area (Å²) in [6.45, 7) is 4.99. The smallest absolute Gasteiger partial charge is 0.132 e. The molecule has 0 spiro atoms. The second-order valence-electron chi connectivity index (χ2n) is 5.88. The van der Waals surface area contributed by atoms with Crippen LogP contribution >= 0.6 is 0 Å². The third-order valence-electron chi connectivity index (χ3n) is 3.54. The van der Waals surface area contributed by atoms with Gasteiger partial charge in [0.15, 0.2) is 0 Å². The monoisotopic (exact) mass is 249 g/mol. The standard InChI is InChI=1S/C14H23N3O/c1-14(2,9-18)8-15-13-11-6-4-3-5-7-12(11)16-10-17-13/h10,18H,3-9H2,1-2H3,(H,15,16,17). The van der Waals surface area contributed by atoms with Crippen LogP contribution in [0.3, 0.4) is 0 Å². The van der Waals surface area contributed by atoms with E-state index < -0.39 is 0 Å². The van der Waals surface area contributed by atoms with Gasteiger partial charge >= 0.3 is 0 Å². The van der Waals surface area contributed by atoms with Crippen molar-refractivity contribution in [3.63, 3.8) is 0 Å². The average molecular weight is 249 g/mol. The maximum atomic E-state index is 9.28. The molecule has 100 valence electrons. The highest BCUT2D eigenvalue weighted by atomic mass is 16.3. The number of anilines is 1. The summed E-state index contributed by atoms with van der Waals surface area (Å²) < 4.78 is 0. The number of aromatic nitrogens is 2. The number of fused-ring (bicyclic) bond motifs is 1. The molecule has 1 aliphatic carbocycles. The molecule has 0 saturated heterocycles. The summed E-state index contributed by atoms with van der Waals surface area (Å²) in [4.78, 5) is 8.77. The van der Waals surface area contributed by atoms with Crippen molar-refractivity contribution in [2.75, 3.05) is 18.5 Å². The van der Waals surface area contributed by atoms with E-state index in [-0.39, 0.29) is 12.0 Å². The maximum absolute atomic E-state index is 9.28. The minimum absolute atomic E-state index is 0.122. The number of nitrogens with zero attached hydrogens (tertiary/aromatic N) is 2. The first-order valence-corrected chi connectivity index (χ1v) is 6.80. The summed E-state index contributed by atoms with van der Waals surface area (Å²) in [6, 6.07) is 0. The molecule has 0 aliphatic heterocycles. The molecule has 2 N–H and O–H groups in total. The van der Waals surface area contributed by atoms with Crippen molar-refractivity contribution >= 4 is 5.82 Å². The van der Waals surface area contributed by atoms with Gasteiger partial charge in [-0.1, -0.05) is 20.3 Å². The molecule has 1 heterocycles. The predicted molar refractivity (Wildman–Crippen MR) is 72.6 cm³/mol. The zero-order valence-electron chi connectivity index (χ0n) is 11.4. The topological polar surface area (TPSA) is 58.0 Å². The molecule has 0 aromatic carbocycles. The second-order valence-corrected chi connectivity index (χ2v) is 5.88. The number of nitrogens with one attached hydrogen (secondary N) is 1. The zero-order chi connectivity index (χ0) is 13.0. The molecule has 1 aliphatic rings. The third-order valence-corrected chi connectivity index (χ3v) is 3.54. The molecule has 0 radical (unpaired) electrons. The summed E-state index contributed by atoms with van der Waals surface area (Å²) in [5, 5.41) is 12.7. The Balaban J connectivity index is 2.13. The number of aryl methyl sites for hydroxylation is 1. The molecular formula is C14H23N3O. The van der Waals surface area contributed by atoms with Crippen LogP contribution in [0, 0.1) is 5.41 Å². The van der Waals surface area contributed by atoms with E-state index in [1.54, 1.807) is 6.33 Å². The summed E-state index contributed by atoms with van der Waals surface area (Å²) in [6.07, 6.45) is 7.51. The summed E-state index contributed by atoms with van der Waals surface area (Å²) in [7, 11) is 0. The molecule has 4 nitrogen and oxygen atoms in total. The van der Waals surface area contributed by atoms with Gasteiger partial charge in [-0.15, -0.1) is 0 Å². The minimum Gasteiger partial charge on any atom is -0.396 e. The average Bonchev–Trinajstić information content (AvgIpc) is 2.62. The highest BCUT2D eigenvalue weighted by Crippen LogP contribution is 2.24. The van der Waals surface area contributed by atoms with Crippen molar-refractivity contribution < 1.29 is 5.11 Å². The van der Waals surface area contributed by atoms with E-state index in [1.165, 1.54) is 30.5 Å². The largest absolute Gasteiger partial charge is 0.396 e. The quantitative estimate of drug-likeness (QED) is 0.803. The summed E-state index contributed by atoms with van der Waals surface area (Å²) in [5.74, 6) is 0.962. The molecule has 18 heavy (non-hydrogen) atoms. The number of hydrogen-bond acceptors (Lipinski definition) is 4. The van der Waals surface area contributed by atoms with Gasteiger partial charge in [-0.2, -0.15) is 0 Å². The fraction of sp³-hybridized carbons (Fsp3) is 0.714. The zero-order valence-corrected chi connectivity index (χ0v) is 11.4. The van der Waals surface area contributed by atoms with Crippen molar-refractivity contribution in [1.29, 1.82) is 0 Å². The molecule has 0 unspecified atom stereocenters. The fourth-order valence-electron chi connectivity index (χ4n) is 2.23. The number of aliphatic hydroxyl groups is 1. The molecule has 1 aromatic heterocycles. The summed E-state index contributed by atoms with van der Waals surface area (Å²) >= 11 is 0. The van der Waals surface area contributed by atoms with Gasteiger partial charge in [0.05, 0.1) is 0 Å². The number of aliphatic hydroxyl groups excluding tert-OH is 1. The Labute approximate surface area is 109 Å².